The highest BCUT2D eigenvalue weighted by Crippen LogP contribution is 2.40. The number of amides is 4. The van der Waals surface area contributed by atoms with Gasteiger partial charge in [-0.25, -0.2) is 19.6 Å². The van der Waals surface area contributed by atoms with Gasteiger partial charge in [0.2, 0.25) is 11.8 Å². The quantitative estimate of drug-likeness (QED) is 0.158. The van der Waals surface area contributed by atoms with Gasteiger partial charge in [-0.15, -0.1) is 0 Å². The molecule has 280 valence electrons. The topological polar surface area (TPSA) is 184 Å². The second kappa shape index (κ2) is 16.8. The number of rotatable bonds is 12. The largest absolute Gasteiger partial charge is 0.453 e. The molecule has 53 heavy (non-hydrogen) atoms. The normalized spacial score (nSPS) is 16.3. The minimum atomic E-state index is -0.655. The van der Waals surface area contributed by atoms with E-state index in [9.17, 15) is 19.2 Å². The van der Waals surface area contributed by atoms with Crippen LogP contribution >= 0.6 is 0 Å². The molecule has 0 bridgehead atoms. The van der Waals surface area contributed by atoms with Crippen LogP contribution in [0.4, 0.5) is 9.59 Å². The van der Waals surface area contributed by atoms with Gasteiger partial charge in [-0.1, -0.05) is 44.5 Å². The van der Waals surface area contributed by atoms with Crippen LogP contribution < -0.4 is 10.6 Å². The molecule has 0 saturated carbocycles. The Balaban J connectivity index is 1.17. The molecule has 1 fully saturated rings. The second-order valence-electron chi connectivity index (χ2n) is 13.2. The highest BCUT2D eigenvalue weighted by Gasteiger charge is 2.39. The first-order valence-electron chi connectivity index (χ1n) is 17.9. The number of nitrogens with one attached hydrogen (secondary N) is 4. The van der Waals surface area contributed by atoms with Gasteiger partial charge >= 0.3 is 12.2 Å². The van der Waals surface area contributed by atoms with Gasteiger partial charge < -0.3 is 44.6 Å². The molecule has 0 unspecified atom stereocenters. The Morgan fingerprint density at radius 1 is 0.887 bits per heavy atom. The first-order chi connectivity index (χ1) is 25.7. The number of carbonyl (C=O) groups is 4. The third-order valence-electron chi connectivity index (χ3n) is 9.84. The van der Waals surface area contributed by atoms with Gasteiger partial charge in [0.1, 0.15) is 24.7 Å². The number of H-pyrrole nitrogens is 2. The lowest BCUT2D eigenvalue weighted by atomic mass is 9.93. The van der Waals surface area contributed by atoms with E-state index in [1.165, 1.54) is 14.2 Å². The summed E-state index contributed by atoms with van der Waals surface area (Å²) in [5, 5.41) is 4.94. The molecule has 6 rings (SSSR count). The number of ether oxygens (including phenoxy) is 3. The van der Waals surface area contributed by atoms with E-state index in [4.69, 9.17) is 9.72 Å². The molecule has 0 radical (unpaired) electrons. The summed E-state index contributed by atoms with van der Waals surface area (Å²) in [5.41, 5.74) is 7.84. The number of benzene rings is 2. The van der Waals surface area contributed by atoms with Crippen molar-refractivity contribution < 1.29 is 33.4 Å². The summed E-state index contributed by atoms with van der Waals surface area (Å²) in [6.07, 6.45) is 4.78. The van der Waals surface area contributed by atoms with Gasteiger partial charge in [0.15, 0.2) is 0 Å². The lowest BCUT2D eigenvalue weighted by Gasteiger charge is -2.26. The van der Waals surface area contributed by atoms with Crippen molar-refractivity contribution in [2.24, 2.45) is 5.92 Å². The summed E-state index contributed by atoms with van der Waals surface area (Å²) >= 11 is 0. The maximum Gasteiger partial charge on any atom is 0.407 e. The summed E-state index contributed by atoms with van der Waals surface area (Å²) in [4.78, 5) is 68.4. The molecule has 4 amide bonds. The number of aromatic nitrogens is 4. The number of hydrogen-bond acceptors (Lipinski definition) is 9. The first kappa shape index (κ1) is 37.1. The molecule has 2 aromatic heterocycles. The third kappa shape index (κ3) is 8.35. The average Bonchev–Trinajstić information content (AvgIpc) is 3.93. The molecule has 15 heteroatoms. The van der Waals surface area contributed by atoms with E-state index in [1.54, 1.807) is 16.0 Å². The van der Waals surface area contributed by atoms with Crippen molar-refractivity contribution in [1.29, 1.82) is 0 Å². The average molecular weight is 727 g/mol. The number of alkyl carbamates (subject to hydrolysis) is 2. The van der Waals surface area contributed by atoms with Gasteiger partial charge in [0.05, 0.1) is 63.8 Å². The maximum atomic E-state index is 13.1. The molecule has 15 nitrogen and oxygen atoms in total. The third-order valence-corrected chi connectivity index (χ3v) is 9.84. The summed E-state index contributed by atoms with van der Waals surface area (Å²) in [6.45, 7) is 6.07. The summed E-state index contributed by atoms with van der Waals surface area (Å²) in [5.74, 6) is 1.20. The molecule has 4 heterocycles. The highest BCUT2D eigenvalue weighted by atomic mass is 16.5. The number of methoxy groups -OCH3 is 2. The smallest absolute Gasteiger partial charge is 0.407 e. The molecule has 1 saturated heterocycles. The molecule has 0 spiro atoms. The van der Waals surface area contributed by atoms with Crippen LogP contribution in [-0.4, -0.2) is 94.1 Å². The molecule has 2 aromatic carbocycles. The second-order valence-corrected chi connectivity index (χ2v) is 13.2. The Kier molecular flexibility index (Phi) is 11.7. The Morgan fingerprint density at radius 2 is 1.51 bits per heavy atom. The minimum Gasteiger partial charge on any atom is -0.453 e. The van der Waals surface area contributed by atoms with Crippen molar-refractivity contribution in [2.45, 2.75) is 58.9 Å². The molecule has 0 aliphatic carbocycles. The van der Waals surface area contributed by atoms with Crippen molar-refractivity contribution in [1.82, 2.24) is 40.4 Å². The lowest BCUT2D eigenvalue weighted by Crippen LogP contribution is -2.40. The number of hydrogen-bond donors (Lipinski definition) is 4. The van der Waals surface area contributed by atoms with Crippen LogP contribution in [-0.2, 0) is 43.6 Å². The van der Waals surface area contributed by atoms with Crippen LogP contribution in [0, 0.1) is 5.92 Å². The Labute approximate surface area is 307 Å². The van der Waals surface area contributed by atoms with Gasteiger partial charge in [-0.2, -0.15) is 0 Å². The summed E-state index contributed by atoms with van der Waals surface area (Å²) in [7, 11) is 2.52. The van der Waals surface area contributed by atoms with Crippen molar-refractivity contribution in [3.05, 3.63) is 71.6 Å². The number of nitrogens with zero attached hydrogens (tertiary/aromatic N) is 4. The lowest BCUT2D eigenvalue weighted by molar-refractivity contribution is -0.132. The number of imidazole rings is 2. The number of carbonyl (C=O) groups excluding carboxylic acids is 4. The van der Waals surface area contributed by atoms with E-state index in [0.717, 1.165) is 69.9 Å². The van der Waals surface area contributed by atoms with Crippen molar-refractivity contribution in [2.75, 3.05) is 40.4 Å². The van der Waals surface area contributed by atoms with E-state index in [-0.39, 0.29) is 43.4 Å². The van der Waals surface area contributed by atoms with Gasteiger partial charge in [0, 0.05) is 13.1 Å². The maximum absolute atomic E-state index is 13.1. The van der Waals surface area contributed by atoms with Crippen molar-refractivity contribution in [3.63, 3.8) is 0 Å². The monoisotopic (exact) mass is 726 g/mol. The van der Waals surface area contributed by atoms with Crippen LogP contribution in [0.5, 0.6) is 0 Å². The zero-order valence-electron chi connectivity index (χ0n) is 30.5. The fraction of sp³-hybridized carbons (Fsp3) is 0.421. The van der Waals surface area contributed by atoms with Crippen LogP contribution in [0.1, 0.15) is 61.9 Å². The predicted octanol–water partition coefficient (Wildman–Crippen LogP) is 4.91. The Hall–Kier alpha value is -5.70. The number of likely N-dealkylation sites (tertiary alicyclic amines) is 1. The number of fused-ring (bicyclic) bond motifs is 3. The van der Waals surface area contributed by atoms with Crippen molar-refractivity contribution >= 4 is 24.0 Å². The predicted molar refractivity (Wildman–Crippen MR) is 195 cm³/mol. The fourth-order valence-electron chi connectivity index (χ4n) is 7.11. The summed E-state index contributed by atoms with van der Waals surface area (Å²) < 4.78 is 15.4. The zero-order chi connectivity index (χ0) is 37.5. The van der Waals surface area contributed by atoms with Gasteiger partial charge in [-0.05, 0) is 64.3 Å². The Bertz CT molecular complexity index is 1960. The molecular weight excluding hydrogens is 680 g/mol. The Morgan fingerprint density at radius 3 is 2.13 bits per heavy atom. The molecular formula is C38H46N8O7. The van der Waals surface area contributed by atoms with Crippen LogP contribution in [0.25, 0.3) is 33.6 Å². The van der Waals surface area contributed by atoms with E-state index >= 15 is 0 Å². The molecule has 4 N–H and O–H groups in total. The van der Waals surface area contributed by atoms with Gasteiger partial charge in [-0.3, -0.25) is 9.59 Å². The highest BCUT2D eigenvalue weighted by molar-refractivity contribution is 5.83. The van der Waals surface area contributed by atoms with E-state index in [2.05, 4.69) is 78.4 Å². The van der Waals surface area contributed by atoms with Gasteiger partial charge in [0.25, 0.3) is 0 Å². The fourth-order valence-corrected chi connectivity index (χ4v) is 7.11. The number of aromatic amines is 2. The van der Waals surface area contributed by atoms with Crippen LogP contribution in [0.15, 0.2) is 48.8 Å². The molecule has 2 atom stereocenters. The standard InChI is InChI=1S/C38H46N8O7/c1-5-12-45(33(47)18-41-37(49)51-3)20-32-39-16-30(43-32)24-7-9-28-26(14-24)21-53-22-27-15-25(8-10-29(27)28)31-17-40-36(44-31)35-23(6-2)11-13-46(35)34(48)19-42-38(50)52-4/h7-10,14-17,23,35H,5-6,11-13,18-22H2,1-4H3,(H,39,43)(H,40,44)(H,41,49)(H,42,50)/t23-,35+/m1/s1. The van der Waals surface area contributed by atoms with Crippen LogP contribution in [0.2, 0.25) is 0 Å². The van der Waals surface area contributed by atoms with E-state index < -0.39 is 12.2 Å². The zero-order valence-corrected chi connectivity index (χ0v) is 30.5. The van der Waals surface area contributed by atoms with Crippen LogP contribution in [0.3, 0.4) is 0 Å². The minimum absolute atomic E-state index is 0.136. The van der Waals surface area contributed by atoms with E-state index in [0.29, 0.717) is 32.1 Å². The molecule has 2 aliphatic heterocycles. The molecule has 4 aromatic rings. The first-order valence-corrected chi connectivity index (χ1v) is 17.9. The van der Waals surface area contributed by atoms with Crippen molar-refractivity contribution in [3.8, 4) is 33.6 Å². The molecule has 2 aliphatic rings. The summed E-state index contributed by atoms with van der Waals surface area (Å²) in [6, 6.07) is 12.3. The van der Waals surface area contributed by atoms with E-state index in [1.807, 2.05) is 13.1 Å². The SMILES string of the molecule is CCCN(Cc1ncc(-c2ccc3c(c2)COCc2cc(-c4cnc([C@@H]5[C@H](CC)CCN5C(=O)CNC(=O)OC)[nH]4)ccc2-3)[nH]1)C(=O)CNC(=O)OC.